The average Bonchev–Trinajstić information content (AvgIpc) is 3.18. The number of benzene rings is 2. The number of carboxylic acids is 1. The number of carboxylic acid groups (broad SMARTS) is 1. The van der Waals surface area contributed by atoms with Crippen molar-refractivity contribution in [3.05, 3.63) is 59.7 Å². The van der Waals surface area contributed by atoms with E-state index < -0.39 is 17.8 Å². The van der Waals surface area contributed by atoms with Gasteiger partial charge in [-0.1, -0.05) is 30.3 Å². The Kier molecular flexibility index (Phi) is 6.01. The van der Waals surface area contributed by atoms with E-state index in [1.54, 1.807) is 6.07 Å². The summed E-state index contributed by atoms with van der Waals surface area (Å²) in [6.07, 6.45) is 0. The molecule has 29 heavy (non-hydrogen) atoms. The van der Waals surface area contributed by atoms with Crippen LogP contribution in [0.4, 0.5) is 0 Å². The third-order valence-corrected chi connectivity index (χ3v) is 4.93. The molecule has 2 atom stereocenters. The van der Waals surface area contributed by atoms with E-state index in [0.29, 0.717) is 12.1 Å². The van der Waals surface area contributed by atoms with Crippen LogP contribution in [-0.2, 0) is 9.59 Å². The van der Waals surface area contributed by atoms with Crippen LogP contribution in [0.5, 0.6) is 11.5 Å². The summed E-state index contributed by atoms with van der Waals surface area (Å²) in [4.78, 5) is 37.2. The van der Waals surface area contributed by atoms with Gasteiger partial charge in [-0.3, -0.25) is 14.4 Å². The summed E-state index contributed by atoms with van der Waals surface area (Å²) in [7, 11) is 1.42. The van der Waals surface area contributed by atoms with E-state index in [-0.39, 0.29) is 36.5 Å². The number of hydrogen-bond acceptors (Lipinski definition) is 5. The van der Waals surface area contributed by atoms with Gasteiger partial charge >= 0.3 is 5.97 Å². The summed E-state index contributed by atoms with van der Waals surface area (Å²) in [5, 5.41) is 9.63. The van der Waals surface area contributed by atoms with Crippen molar-refractivity contribution in [3.63, 3.8) is 0 Å². The lowest BCUT2D eigenvalue weighted by Gasteiger charge is -2.18. The molecule has 0 spiro atoms. The first-order valence-electron chi connectivity index (χ1n) is 9.07. The minimum Gasteiger partial charge on any atom is -0.493 e. The molecule has 8 heteroatoms. The van der Waals surface area contributed by atoms with E-state index >= 15 is 0 Å². The van der Waals surface area contributed by atoms with Gasteiger partial charge < -0.3 is 25.2 Å². The van der Waals surface area contributed by atoms with Gasteiger partial charge in [-0.15, -0.1) is 0 Å². The standard InChI is InChI=1S/C21H22N2O6/c1-28-18-9-14(7-8-17(18)29-12-19(22)24)20(25)23-10-15(16(11-23)21(26)27)13-5-3-2-4-6-13/h2-9,15-16H,10-12H2,1H3,(H2,22,24)(H,26,27)/t15-,16-/m0/s1. The van der Waals surface area contributed by atoms with Crippen LogP contribution >= 0.6 is 0 Å². The normalized spacial score (nSPS) is 18.3. The zero-order valence-corrected chi connectivity index (χ0v) is 15.9. The average molecular weight is 398 g/mol. The molecule has 1 aliphatic heterocycles. The zero-order valence-electron chi connectivity index (χ0n) is 15.9. The topological polar surface area (TPSA) is 119 Å². The number of nitrogens with two attached hydrogens (primary N) is 1. The fraction of sp³-hybridized carbons (Fsp3) is 0.286. The molecule has 2 aromatic carbocycles. The lowest BCUT2D eigenvalue weighted by molar-refractivity contribution is -0.141. The van der Waals surface area contributed by atoms with Crippen LogP contribution in [0.3, 0.4) is 0 Å². The molecule has 152 valence electrons. The number of amides is 2. The quantitative estimate of drug-likeness (QED) is 0.729. The van der Waals surface area contributed by atoms with E-state index in [1.165, 1.54) is 24.1 Å². The summed E-state index contributed by atoms with van der Waals surface area (Å²) >= 11 is 0. The summed E-state index contributed by atoms with van der Waals surface area (Å²) < 4.78 is 10.5. The Labute approximate surface area is 167 Å². The van der Waals surface area contributed by atoms with Crippen molar-refractivity contribution in [1.29, 1.82) is 0 Å². The number of carbonyl (C=O) groups excluding carboxylic acids is 2. The van der Waals surface area contributed by atoms with Crippen LogP contribution in [0.15, 0.2) is 48.5 Å². The summed E-state index contributed by atoms with van der Waals surface area (Å²) in [5.74, 6) is -2.24. The molecule has 0 aliphatic carbocycles. The Hall–Kier alpha value is -3.55. The summed E-state index contributed by atoms with van der Waals surface area (Å²) in [5.41, 5.74) is 6.31. The third kappa shape index (κ3) is 4.48. The third-order valence-electron chi connectivity index (χ3n) is 4.93. The van der Waals surface area contributed by atoms with E-state index in [1.807, 2.05) is 30.3 Å². The van der Waals surface area contributed by atoms with Crippen molar-refractivity contribution in [2.75, 3.05) is 26.8 Å². The van der Waals surface area contributed by atoms with Crippen molar-refractivity contribution < 1.29 is 29.0 Å². The molecular formula is C21H22N2O6. The maximum absolute atomic E-state index is 13.0. The van der Waals surface area contributed by atoms with Gasteiger partial charge in [0.2, 0.25) is 0 Å². The number of aliphatic carboxylic acids is 1. The van der Waals surface area contributed by atoms with E-state index in [9.17, 15) is 19.5 Å². The second-order valence-corrected chi connectivity index (χ2v) is 6.79. The van der Waals surface area contributed by atoms with Gasteiger partial charge in [0.15, 0.2) is 18.1 Å². The molecule has 0 radical (unpaired) electrons. The fourth-order valence-corrected chi connectivity index (χ4v) is 3.51. The number of methoxy groups -OCH3 is 1. The van der Waals surface area contributed by atoms with Crippen molar-refractivity contribution in [1.82, 2.24) is 4.90 Å². The van der Waals surface area contributed by atoms with Gasteiger partial charge in [0.05, 0.1) is 13.0 Å². The Bertz CT molecular complexity index is 915. The number of primary amides is 1. The number of carbonyl (C=O) groups is 3. The van der Waals surface area contributed by atoms with Crippen molar-refractivity contribution in [2.24, 2.45) is 11.7 Å². The van der Waals surface area contributed by atoms with Crippen molar-refractivity contribution >= 4 is 17.8 Å². The van der Waals surface area contributed by atoms with Crippen LogP contribution < -0.4 is 15.2 Å². The molecule has 1 saturated heterocycles. The SMILES string of the molecule is COc1cc(C(=O)N2C[C@H](C(=O)O)[C@H](c3ccccc3)C2)ccc1OCC(N)=O. The molecule has 3 N–H and O–H groups in total. The zero-order chi connectivity index (χ0) is 21.0. The van der Waals surface area contributed by atoms with Crippen LogP contribution in [0.2, 0.25) is 0 Å². The predicted octanol–water partition coefficient (Wildman–Crippen LogP) is 1.50. The Morgan fingerprint density at radius 3 is 2.45 bits per heavy atom. The second-order valence-electron chi connectivity index (χ2n) is 6.79. The number of rotatable bonds is 7. The highest BCUT2D eigenvalue weighted by atomic mass is 16.5. The monoisotopic (exact) mass is 398 g/mol. The first-order valence-corrected chi connectivity index (χ1v) is 9.07. The maximum atomic E-state index is 13.0. The first-order chi connectivity index (χ1) is 13.9. The maximum Gasteiger partial charge on any atom is 0.308 e. The molecule has 3 rings (SSSR count). The number of hydrogen-bond donors (Lipinski definition) is 2. The lowest BCUT2D eigenvalue weighted by Crippen LogP contribution is -2.30. The van der Waals surface area contributed by atoms with Gasteiger partial charge in [-0.2, -0.15) is 0 Å². The van der Waals surface area contributed by atoms with Gasteiger partial charge in [0, 0.05) is 24.6 Å². The highest BCUT2D eigenvalue weighted by Crippen LogP contribution is 2.35. The number of nitrogens with zero attached hydrogens (tertiary/aromatic N) is 1. The molecule has 2 aromatic rings. The summed E-state index contributed by atoms with van der Waals surface area (Å²) in [6, 6.07) is 13.9. The molecule has 1 heterocycles. The molecule has 1 fully saturated rings. The number of ether oxygens (including phenoxy) is 2. The van der Waals surface area contributed by atoms with Gasteiger partial charge in [0.25, 0.3) is 11.8 Å². The highest BCUT2D eigenvalue weighted by molar-refractivity contribution is 5.95. The van der Waals surface area contributed by atoms with Crippen LogP contribution in [-0.4, -0.2) is 54.6 Å². The molecule has 0 unspecified atom stereocenters. The molecule has 1 aliphatic rings. The molecule has 0 aromatic heterocycles. The van der Waals surface area contributed by atoms with Crippen LogP contribution in [0.25, 0.3) is 0 Å². The minimum absolute atomic E-state index is 0.121. The molecule has 0 bridgehead atoms. The Morgan fingerprint density at radius 2 is 1.83 bits per heavy atom. The Balaban J connectivity index is 1.81. The molecule has 0 saturated carbocycles. The second kappa shape index (κ2) is 8.64. The lowest BCUT2D eigenvalue weighted by atomic mass is 9.89. The Morgan fingerprint density at radius 1 is 1.10 bits per heavy atom. The smallest absolute Gasteiger partial charge is 0.308 e. The molecular weight excluding hydrogens is 376 g/mol. The largest absolute Gasteiger partial charge is 0.493 e. The van der Waals surface area contributed by atoms with Gasteiger partial charge in [0.1, 0.15) is 0 Å². The van der Waals surface area contributed by atoms with E-state index in [2.05, 4.69) is 0 Å². The van der Waals surface area contributed by atoms with Gasteiger partial charge in [-0.05, 0) is 23.8 Å². The van der Waals surface area contributed by atoms with E-state index in [4.69, 9.17) is 15.2 Å². The van der Waals surface area contributed by atoms with Crippen LogP contribution in [0.1, 0.15) is 21.8 Å². The van der Waals surface area contributed by atoms with Gasteiger partial charge in [-0.25, -0.2) is 0 Å². The first kappa shape index (κ1) is 20.2. The summed E-state index contributed by atoms with van der Waals surface area (Å²) in [6.45, 7) is 0.118. The van der Waals surface area contributed by atoms with E-state index in [0.717, 1.165) is 5.56 Å². The highest BCUT2D eigenvalue weighted by Gasteiger charge is 2.40. The van der Waals surface area contributed by atoms with Crippen molar-refractivity contribution in [3.8, 4) is 11.5 Å². The minimum atomic E-state index is -0.929. The van der Waals surface area contributed by atoms with Crippen molar-refractivity contribution in [2.45, 2.75) is 5.92 Å². The fourth-order valence-electron chi connectivity index (χ4n) is 3.51. The molecule has 2 amide bonds. The van der Waals surface area contributed by atoms with Crippen LogP contribution in [0, 0.1) is 5.92 Å². The predicted molar refractivity (Wildman–Crippen MR) is 104 cm³/mol. The molecule has 8 nitrogen and oxygen atoms in total. The number of likely N-dealkylation sites (tertiary alicyclic amines) is 1.